The molecule has 1 aromatic rings. The van der Waals surface area contributed by atoms with Gasteiger partial charge in [0.15, 0.2) is 0 Å². The van der Waals surface area contributed by atoms with Crippen LogP contribution < -0.4 is 0 Å². The highest BCUT2D eigenvalue weighted by atomic mass is 32.2. The van der Waals surface area contributed by atoms with Crippen molar-refractivity contribution >= 4 is 10.1 Å². The van der Waals surface area contributed by atoms with Crippen LogP contribution in [0.3, 0.4) is 0 Å². The van der Waals surface area contributed by atoms with Crippen LogP contribution in [0.1, 0.15) is 25.6 Å². The lowest BCUT2D eigenvalue weighted by molar-refractivity contribution is 0.320. The number of rotatable bonds is 5. The molecule has 1 aromatic heterocycles. The van der Waals surface area contributed by atoms with Crippen molar-refractivity contribution in [2.24, 2.45) is 0 Å². The molecule has 5 nitrogen and oxygen atoms in total. The Kier molecular flexibility index (Phi) is 3.87. The molecule has 1 heterocycles. The highest BCUT2D eigenvalue weighted by Crippen LogP contribution is 2.08. The molecule has 0 aliphatic rings. The van der Waals surface area contributed by atoms with Crippen molar-refractivity contribution in [2.45, 2.75) is 26.3 Å². The minimum atomic E-state index is -3.34. The molecule has 0 amide bonds. The first kappa shape index (κ1) is 12.2. The molecule has 86 valence electrons. The van der Waals surface area contributed by atoms with Crippen molar-refractivity contribution < 1.29 is 12.6 Å². The zero-order valence-electron chi connectivity index (χ0n) is 9.17. The van der Waals surface area contributed by atoms with E-state index in [2.05, 4.69) is 9.28 Å². The molecular formula is C9H16N2O3S. The summed E-state index contributed by atoms with van der Waals surface area (Å²) in [4.78, 5) is 0. The molecule has 0 aliphatic carbocycles. The van der Waals surface area contributed by atoms with Gasteiger partial charge < -0.3 is 0 Å². The zero-order valence-corrected chi connectivity index (χ0v) is 9.99. The predicted octanol–water partition coefficient (Wildman–Crippen LogP) is 0.983. The van der Waals surface area contributed by atoms with Crippen LogP contribution in [0.25, 0.3) is 0 Å². The molecule has 0 spiro atoms. The quantitative estimate of drug-likeness (QED) is 0.710. The van der Waals surface area contributed by atoms with Gasteiger partial charge in [0.1, 0.15) is 0 Å². The van der Waals surface area contributed by atoms with Gasteiger partial charge in [0.2, 0.25) is 0 Å². The van der Waals surface area contributed by atoms with Crippen LogP contribution in [0, 0.1) is 0 Å². The van der Waals surface area contributed by atoms with Crippen LogP contribution in [0.15, 0.2) is 12.3 Å². The number of hydrogen-bond acceptors (Lipinski definition) is 4. The van der Waals surface area contributed by atoms with Crippen molar-refractivity contribution in [1.29, 1.82) is 0 Å². The average Bonchev–Trinajstić information content (AvgIpc) is 2.49. The largest absolute Gasteiger partial charge is 0.270 e. The molecule has 0 saturated carbocycles. The van der Waals surface area contributed by atoms with E-state index in [4.69, 9.17) is 0 Å². The van der Waals surface area contributed by atoms with Gasteiger partial charge in [-0.2, -0.15) is 13.5 Å². The Bertz CT molecular complexity index is 409. The Labute approximate surface area is 90.2 Å². The standard InChI is InChI=1S/C9H16N2O3S/c1-8(2)11-9(4-6-10-11)5-7-14-15(3,12)13/h4,6,8H,5,7H2,1-3H3. The highest BCUT2D eigenvalue weighted by molar-refractivity contribution is 7.85. The van der Waals surface area contributed by atoms with Crippen molar-refractivity contribution in [3.05, 3.63) is 18.0 Å². The summed E-state index contributed by atoms with van der Waals surface area (Å²) in [6.45, 7) is 4.21. The van der Waals surface area contributed by atoms with Gasteiger partial charge in [-0.05, 0) is 19.9 Å². The fraction of sp³-hybridized carbons (Fsp3) is 0.667. The maximum Gasteiger partial charge on any atom is 0.264 e. The molecule has 1 rings (SSSR count). The maximum atomic E-state index is 10.7. The fourth-order valence-electron chi connectivity index (χ4n) is 1.30. The van der Waals surface area contributed by atoms with E-state index in [1.54, 1.807) is 6.20 Å². The van der Waals surface area contributed by atoms with Gasteiger partial charge >= 0.3 is 0 Å². The van der Waals surface area contributed by atoms with Gasteiger partial charge in [-0.25, -0.2) is 0 Å². The van der Waals surface area contributed by atoms with E-state index in [1.165, 1.54) is 0 Å². The normalized spacial score (nSPS) is 12.3. The summed E-state index contributed by atoms with van der Waals surface area (Å²) in [5.74, 6) is 0. The summed E-state index contributed by atoms with van der Waals surface area (Å²) in [7, 11) is -3.34. The summed E-state index contributed by atoms with van der Waals surface area (Å²) in [5, 5.41) is 4.14. The van der Waals surface area contributed by atoms with Crippen LogP contribution in [-0.4, -0.2) is 31.1 Å². The minimum absolute atomic E-state index is 0.164. The summed E-state index contributed by atoms with van der Waals surface area (Å²) >= 11 is 0. The summed E-state index contributed by atoms with van der Waals surface area (Å²) in [6.07, 6.45) is 3.30. The van der Waals surface area contributed by atoms with Gasteiger partial charge in [0.25, 0.3) is 10.1 Å². The van der Waals surface area contributed by atoms with Gasteiger partial charge in [0, 0.05) is 24.4 Å². The van der Waals surface area contributed by atoms with Crippen molar-refractivity contribution in [3.63, 3.8) is 0 Å². The molecule has 0 unspecified atom stereocenters. The monoisotopic (exact) mass is 232 g/mol. The third kappa shape index (κ3) is 4.01. The smallest absolute Gasteiger partial charge is 0.264 e. The Hall–Kier alpha value is -0.880. The maximum absolute atomic E-state index is 10.7. The molecular weight excluding hydrogens is 216 g/mol. The van der Waals surface area contributed by atoms with E-state index in [1.807, 2.05) is 24.6 Å². The lowest BCUT2D eigenvalue weighted by atomic mass is 10.3. The molecule has 0 atom stereocenters. The van der Waals surface area contributed by atoms with E-state index >= 15 is 0 Å². The number of hydrogen-bond donors (Lipinski definition) is 0. The summed E-state index contributed by atoms with van der Waals surface area (Å²) in [5.41, 5.74) is 0.980. The molecule has 0 aliphatic heterocycles. The second-order valence-electron chi connectivity index (χ2n) is 3.64. The predicted molar refractivity (Wildman–Crippen MR) is 57.1 cm³/mol. The Morgan fingerprint density at radius 2 is 2.20 bits per heavy atom. The first-order valence-corrected chi connectivity index (χ1v) is 6.58. The van der Waals surface area contributed by atoms with E-state index in [-0.39, 0.29) is 12.6 Å². The molecule has 0 aromatic carbocycles. The molecule has 0 radical (unpaired) electrons. The van der Waals surface area contributed by atoms with E-state index in [9.17, 15) is 8.42 Å². The second kappa shape index (κ2) is 4.76. The molecule has 6 heteroatoms. The number of aromatic nitrogens is 2. The number of nitrogens with zero attached hydrogens (tertiary/aromatic N) is 2. The summed E-state index contributed by atoms with van der Waals surface area (Å²) < 4.78 is 28.0. The zero-order chi connectivity index (χ0) is 11.5. The van der Waals surface area contributed by atoms with Gasteiger partial charge in [-0.15, -0.1) is 0 Å². The third-order valence-electron chi connectivity index (χ3n) is 1.90. The topological polar surface area (TPSA) is 61.2 Å². The van der Waals surface area contributed by atoms with Crippen molar-refractivity contribution in [1.82, 2.24) is 9.78 Å². The lowest BCUT2D eigenvalue weighted by Gasteiger charge is -2.10. The fourth-order valence-corrected chi connectivity index (χ4v) is 1.69. The van der Waals surface area contributed by atoms with Crippen LogP contribution in [0.4, 0.5) is 0 Å². The molecule has 0 saturated heterocycles. The first-order chi connectivity index (χ1) is 6.90. The van der Waals surface area contributed by atoms with Crippen LogP contribution >= 0.6 is 0 Å². The average molecular weight is 232 g/mol. The van der Waals surface area contributed by atoms with Crippen LogP contribution in [-0.2, 0) is 20.7 Å². The van der Waals surface area contributed by atoms with Crippen molar-refractivity contribution in [2.75, 3.05) is 12.9 Å². The second-order valence-corrected chi connectivity index (χ2v) is 5.28. The molecule has 0 fully saturated rings. The SMILES string of the molecule is CC(C)n1nccc1CCOS(C)(=O)=O. The molecule has 0 N–H and O–H groups in total. The van der Waals surface area contributed by atoms with Crippen LogP contribution in [0.5, 0.6) is 0 Å². The Morgan fingerprint density at radius 3 is 2.73 bits per heavy atom. The van der Waals surface area contributed by atoms with E-state index in [0.29, 0.717) is 6.42 Å². The van der Waals surface area contributed by atoms with Crippen molar-refractivity contribution in [3.8, 4) is 0 Å². The van der Waals surface area contributed by atoms with E-state index < -0.39 is 10.1 Å². The first-order valence-electron chi connectivity index (χ1n) is 4.77. The molecule has 15 heavy (non-hydrogen) atoms. The van der Waals surface area contributed by atoms with Crippen LogP contribution in [0.2, 0.25) is 0 Å². The van der Waals surface area contributed by atoms with Gasteiger partial charge in [-0.3, -0.25) is 8.86 Å². The third-order valence-corrected chi connectivity index (χ3v) is 2.49. The van der Waals surface area contributed by atoms with E-state index in [0.717, 1.165) is 11.9 Å². The van der Waals surface area contributed by atoms with Gasteiger partial charge in [-0.1, -0.05) is 0 Å². The molecule has 0 bridgehead atoms. The highest BCUT2D eigenvalue weighted by Gasteiger charge is 2.07. The minimum Gasteiger partial charge on any atom is -0.270 e. The summed E-state index contributed by atoms with van der Waals surface area (Å²) in [6, 6.07) is 2.14. The Morgan fingerprint density at radius 1 is 1.53 bits per heavy atom. The van der Waals surface area contributed by atoms with Gasteiger partial charge in [0.05, 0.1) is 12.9 Å². The Balaban J connectivity index is 2.54. The lowest BCUT2D eigenvalue weighted by Crippen LogP contribution is -2.11.